The zero-order valence-corrected chi connectivity index (χ0v) is 14.2. The van der Waals surface area contributed by atoms with E-state index in [-0.39, 0.29) is 5.56 Å². The van der Waals surface area contributed by atoms with Crippen LogP contribution in [0.25, 0.3) is 10.9 Å². The van der Waals surface area contributed by atoms with Crippen LogP contribution >= 0.6 is 0 Å². The van der Waals surface area contributed by atoms with Crippen LogP contribution in [-0.2, 0) is 13.0 Å². The molecule has 0 saturated carbocycles. The molecule has 1 aliphatic heterocycles. The van der Waals surface area contributed by atoms with Gasteiger partial charge in [0.15, 0.2) is 0 Å². The molecule has 0 bridgehead atoms. The van der Waals surface area contributed by atoms with Crippen molar-refractivity contribution in [3.05, 3.63) is 47.0 Å². The van der Waals surface area contributed by atoms with E-state index in [1.165, 1.54) is 0 Å². The number of aromatic nitrogens is 5. The molecular weight excluding hydrogens is 318 g/mol. The van der Waals surface area contributed by atoms with Gasteiger partial charge in [0.2, 0.25) is 5.95 Å². The van der Waals surface area contributed by atoms with E-state index in [1.54, 1.807) is 23.3 Å². The fraction of sp³-hybridized carbons (Fsp3) is 0.412. The minimum absolute atomic E-state index is 0.0538. The number of imidazole rings is 1. The Morgan fingerprint density at radius 3 is 2.80 bits per heavy atom. The van der Waals surface area contributed by atoms with Gasteiger partial charge in [0.25, 0.3) is 5.56 Å². The molecule has 1 N–H and O–H groups in total. The maximum atomic E-state index is 12.7. The highest BCUT2D eigenvalue weighted by molar-refractivity contribution is 5.77. The van der Waals surface area contributed by atoms with E-state index in [4.69, 9.17) is 0 Å². The second-order valence-corrected chi connectivity index (χ2v) is 6.40. The van der Waals surface area contributed by atoms with Crippen LogP contribution in [0.4, 0.5) is 5.95 Å². The first-order chi connectivity index (χ1) is 12.2. The van der Waals surface area contributed by atoms with Crippen LogP contribution in [0.2, 0.25) is 0 Å². The first kappa shape index (κ1) is 15.8. The summed E-state index contributed by atoms with van der Waals surface area (Å²) < 4.78 is 1.70. The monoisotopic (exact) mass is 339 g/mol. The average Bonchev–Trinajstić information content (AvgIpc) is 3.15. The van der Waals surface area contributed by atoms with Gasteiger partial charge in [0.1, 0.15) is 0 Å². The molecule has 8 nitrogen and oxygen atoms in total. The van der Waals surface area contributed by atoms with Crippen LogP contribution in [0, 0.1) is 0 Å². The molecule has 0 atom stereocenters. The first-order valence-electron chi connectivity index (χ1n) is 8.47. The molecule has 25 heavy (non-hydrogen) atoms. The fourth-order valence-corrected chi connectivity index (χ4v) is 3.06. The van der Waals surface area contributed by atoms with Crippen LogP contribution in [0.15, 0.2) is 35.8 Å². The average molecular weight is 339 g/mol. The molecule has 8 heteroatoms. The standard InChI is InChI=1S/C17H21N7O/c1-22-6-8-24(9-7-22)17-19-11-14-15(21-17)3-5-23(16(14)25)4-2-13-10-18-12-20-13/h3,5,10-12H,2,4,6-9H2,1H3,(H,18,20). The van der Waals surface area contributed by atoms with Gasteiger partial charge in [-0.15, -0.1) is 0 Å². The minimum atomic E-state index is -0.0538. The molecule has 130 valence electrons. The number of likely N-dealkylation sites (N-methyl/N-ethyl adjacent to an activating group) is 1. The number of hydrogen-bond acceptors (Lipinski definition) is 6. The van der Waals surface area contributed by atoms with Gasteiger partial charge in [-0.05, 0) is 13.1 Å². The number of aromatic amines is 1. The summed E-state index contributed by atoms with van der Waals surface area (Å²) in [5, 5.41) is 0.560. The van der Waals surface area contributed by atoms with Crippen LogP contribution in [0.1, 0.15) is 5.69 Å². The van der Waals surface area contributed by atoms with E-state index in [2.05, 4.69) is 36.8 Å². The Balaban J connectivity index is 1.57. The highest BCUT2D eigenvalue weighted by Gasteiger charge is 2.17. The summed E-state index contributed by atoms with van der Waals surface area (Å²) in [6.45, 7) is 4.40. The highest BCUT2D eigenvalue weighted by atomic mass is 16.1. The van der Waals surface area contributed by atoms with Crippen LogP contribution < -0.4 is 10.5 Å². The predicted molar refractivity (Wildman–Crippen MR) is 95.8 cm³/mol. The van der Waals surface area contributed by atoms with Gasteiger partial charge >= 0.3 is 0 Å². The molecule has 0 amide bonds. The van der Waals surface area contributed by atoms with Crippen molar-refractivity contribution in [2.24, 2.45) is 0 Å². The van der Waals surface area contributed by atoms with Crippen molar-refractivity contribution < 1.29 is 0 Å². The minimum Gasteiger partial charge on any atom is -0.348 e. The maximum Gasteiger partial charge on any atom is 0.261 e. The SMILES string of the molecule is CN1CCN(c2ncc3c(=O)n(CCc4cnc[nH]4)ccc3n2)CC1. The van der Waals surface area contributed by atoms with Gasteiger partial charge in [0.05, 0.1) is 17.2 Å². The maximum absolute atomic E-state index is 12.7. The van der Waals surface area contributed by atoms with E-state index in [0.29, 0.717) is 23.4 Å². The zero-order valence-electron chi connectivity index (χ0n) is 14.2. The molecule has 3 aromatic heterocycles. The fourth-order valence-electron chi connectivity index (χ4n) is 3.06. The Bertz CT molecular complexity index is 910. The van der Waals surface area contributed by atoms with E-state index in [9.17, 15) is 4.79 Å². The Hall–Kier alpha value is -2.74. The third-order valence-corrected chi connectivity index (χ3v) is 4.67. The number of nitrogens with one attached hydrogen (secondary N) is 1. The van der Waals surface area contributed by atoms with Gasteiger partial charge in [-0.3, -0.25) is 4.79 Å². The Kier molecular flexibility index (Phi) is 4.19. The molecule has 3 aromatic rings. The van der Waals surface area contributed by atoms with Gasteiger partial charge in [0, 0.05) is 63.4 Å². The summed E-state index contributed by atoms with van der Waals surface area (Å²) in [4.78, 5) is 33.2. The number of rotatable bonds is 4. The normalized spacial score (nSPS) is 15.8. The lowest BCUT2D eigenvalue weighted by molar-refractivity contribution is 0.311. The summed E-state index contributed by atoms with van der Waals surface area (Å²) in [5.41, 5.74) is 1.65. The summed E-state index contributed by atoms with van der Waals surface area (Å²) in [7, 11) is 2.12. The first-order valence-corrected chi connectivity index (χ1v) is 8.47. The quantitative estimate of drug-likeness (QED) is 0.746. The van der Waals surface area contributed by atoms with Crippen molar-refractivity contribution in [3.63, 3.8) is 0 Å². The van der Waals surface area contributed by atoms with Crippen LogP contribution in [-0.4, -0.2) is 62.6 Å². The Morgan fingerprint density at radius 1 is 1.20 bits per heavy atom. The summed E-state index contributed by atoms with van der Waals surface area (Å²) in [6, 6.07) is 1.89. The lowest BCUT2D eigenvalue weighted by Crippen LogP contribution is -2.45. The number of piperazine rings is 1. The van der Waals surface area contributed by atoms with Crippen LogP contribution in [0.5, 0.6) is 0 Å². The van der Waals surface area contributed by atoms with E-state index < -0.39 is 0 Å². The van der Waals surface area contributed by atoms with E-state index >= 15 is 0 Å². The molecule has 1 fully saturated rings. The molecule has 0 radical (unpaired) electrons. The topological polar surface area (TPSA) is 82.9 Å². The van der Waals surface area contributed by atoms with Crippen molar-refractivity contribution in [2.75, 3.05) is 38.1 Å². The molecule has 0 aliphatic carbocycles. The Morgan fingerprint density at radius 2 is 2.04 bits per heavy atom. The molecule has 0 unspecified atom stereocenters. The predicted octanol–water partition coefficient (Wildman–Crippen LogP) is 0.509. The zero-order chi connectivity index (χ0) is 17.2. The molecule has 0 spiro atoms. The number of nitrogens with zero attached hydrogens (tertiary/aromatic N) is 6. The molecule has 4 heterocycles. The van der Waals surface area contributed by atoms with Gasteiger partial charge in [-0.2, -0.15) is 0 Å². The van der Waals surface area contributed by atoms with E-state index in [1.807, 2.05) is 12.3 Å². The van der Waals surface area contributed by atoms with Crippen molar-refractivity contribution in [3.8, 4) is 0 Å². The van der Waals surface area contributed by atoms with Gasteiger partial charge < -0.3 is 19.4 Å². The van der Waals surface area contributed by atoms with Crippen molar-refractivity contribution in [2.45, 2.75) is 13.0 Å². The largest absolute Gasteiger partial charge is 0.348 e. The number of aryl methyl sites for hydroxylation is 2. The molecule has 1 saturated heterocycles. The summed E-state index contributed by atoms with van der Waals surface area (Å²) in [6.07, 6.45) is 7.61. The number of H-pyrrole nitrogens is 1. The number of hydrogen-bond donors (Lipinski definition) is 1. The van der Waals surface area contributed by atoms with Crippen LogP contribution in [0.3, 0.4) is 0 Å². The number of pyridine rings is 1. The van der Waals surface area contributed by atoms with Crippen molar-refractivity contribution in [1.82, 2.24) is 29.4 Å². The summed E-state index contributed by atoms with van der Waals surface area (Å²) in [5.74, 6) is 0.704. The lowest BCUT2D eigenvalue weighted by atomic mass is 10.3. The van der Waals surface area contributed by atoms with Crippen molar-refractivity contribution >= 4 is 16.9 Å². The van der Waals surface area contributed by atoms with Crippen molar-refractivity contribution in [1.29, 1.82) is 0 Å². The second kappa shape index (κ2) is 6.64. The summed E-state index contributed by atoms with van der Waals surface area (Å²) >= 11 is 0. The number of fused-ring (bicyclic) bond motifs is 1. The third-order valence-electron chi connectivity index (χ3n) is 4.67. The van der Waals surface area contributed by atoms with E-state index in [0.717, 1.165) is 38.3 Å². The molecule has 1 aliphatic rings. The smallest absolute Gasteiger partial charge is 0.261 e. The third kappa shape index (κ3) is 3.25. The van der Waals surface area contributed by atoms with Gasteiger partial charge in [-0.1, -0.05) is 0 Å². The number of anilines is 1. The van der Waals surface area contributed by atoms with Gasteiger partial charge in [-0.25, -0.2) is 15.0 Å². The molecule has 0 aromatic carbocycles. The second-order valence-electron chi connectivity index (χ2n) is 6.40. The molecule has 4 rings (SSSR count). The molecular formula is C17H21N7O. The highest BCUT2D eigenvalue weighted by Crippen LogP contribution is 2.14. The Labute approximate surface area is 145 Å². The lowest BCUT2D eigenvalue weighted by Gasteiger charge is -2.32.